The van der Waals surface area contributed by atoms with E-state index in [1.54, 1.807) is 24.4 Å². The molecule has 2 N–H and O–H groups in total. The molecule has 1 fully saturated rings. The number of nitrogens with zero attached hydrogens (tertiary/aromatic N) is 1. The van der Waals surface area contributed by atoms with Gasteiger partial charge in [0.25, 0.3) is 5.56 Å². The van der Waals surface area contributed by atoms with Crippen LogP contribution in [0.25, 0.3) is 21.9 Å². The number of phenolic OH excluding ortho intramolecular Hbond substituents is 1. The van der Waals surface area contributed by atoms with E-state index in [2.05, 4.69) is 22.0 Å². The van der Waals surface area contributed by atoms with E-state index in [9.17, 15) is 9.90 Å². The Balaban J connectivity index is 1.75. The van der Waals surface area contributed by atoms with Crippen molar-refractivity contribution >= 4 is 10.8 Å². The monoisotopic (exact) mass is 334 g/mol. The molecule has 0 radical (unpaired) electrons. The summed E-state index contributed by atoms with van der Waals surface area (Å²) in [5, 5.41) is 11.4. The third-order valence-corrected chi connectivity index (χ3v) is 5.00. The number of nitrogens with one attached hydrogen (secondary N) is 1. The predicted molar refractivity (Wildman–Crippen MR) is 101 cm³/mol. The summed E-state index contributed by atoms with van der Waals surface area (Å²) >= 11 is 0. The van der Waals surface area contributed by atoms with Crippen LogP contribution in [0.1, 0.15) is 24.8 Å². The summed E-state index contributed by atoms with van der Waals surface area (Å²) in [4.78, 5) is 17.4. The Kier molecular flexibility index (Phi) is 4.28. The van der Waals surface area contributed by atoms with Crippen LogP contribution in [-0.4, -0.2) is 28.1 Å². The molecular formula is C21H22N2O2. The minimum atomic E-state index is -0.181. The number of piperidine rings is 1. The van der Waals surface area contributed by atoms with E-state index in [1.165, 1.54) is 24.8 Å². The van der Waals surface area contributed by atoms with Gasteiger partial charge in [0.1, 0.15) is 5.75 Å². The first-order chi connectivity index (χ1) is 12.2. The van der Waals surface area contributed by atoms with Crippen LogP contribution in [0, 0.1) is 0 Å². The normalized spacial score (nSPS) is 15.5. The average molecular weight is 334 g/mol. The molecule has 1 aliphatic heterocycles. The van der Waals surface area contributed by atoms with Crippen molar-refractivity contribution in [1.82, 2.24) is 9.88 Å². The summed E-state index contributed by atoms with van der Waals surface area (Å²) in [6, 6.07) is 13.5. The standard InChI is InChI=1S/C21H22N2O2/c24-19-9-5-8-17-20(19)18(13-22-21(17)25)16-7-4-6-15(12-16)14-23-10-2-1-3-11-23/h4-9,12-13,24H,1-3,10-11,14H2,(H,22,25). The predicted octanol–water partition coefficient (Wildman–Crippen LogP) is 3.89. The van der Waals surface area contributed by atoms with E-state index in [0.717, 1.165) is 30.8 Å². The number of phenols is 1. The fraction of sp³-hybridized carbons (Fsp3) is 0.286. The van der Waals surface area contributed by atoms with Gasteiger partial charge < -0.3 is 10.1 Å². The molecule has 1 aliphatic rings. The molecule has 4 nitrogen and oxygen atoms in total. The number of hydrogen-bond acceptors (Lipinski definition) is 3. The highest BCUT2D eigenvalue weighted by Gasteiger charge is 2.13. The highest BCUT2D eigenvalue weighted by Crippen LogP contribution is 2.33. The van der Waals surface area contributed by atoms with Gasteiger partial charge in [0.05, 0.1) is 5.39 Å². The third kappa shape index (κ3) is 3.17. The topological polar surface area (TPSA) is 56.3 Å². The number of hydrogen-bond donors (Lipinski definition) is 2. The summed E-state index contributed by atoms with van der Waals surface area (Å²) < 4.78 is 0. The van der Waals surface area contributed by atoms with Crippen LogP contribution in [0.2, 0.25) is 0 Å². The molecule has 0 unspecified atom stereocenters. The summed E-state index contributed by atoms with van der Waals surface area (Å²) in [7, 11) is 0. The van der Waals surface area contributed by atoms with E-state index >= 15 is 0 Å². The lowest BCUT2D eigenvalue weighted by molar-refractivity contribution is 0.221. The van der Waals surface area contributed by atoms with Crippen LogP contribution in [-0.2, 0) is 6.54 Å². The Morgan fingerprint density at radius 2 is 1.84 bits per heavy atom. The largest absolute Gasteiger partial charge is 0.507 e. The molecule has 1 aromatic heterocycles. The Hall–Kier alpha value is -2.59. The lowest BCUT2D eigenvalue weighted by Gasteiger charge is -2.26. The van der Waals surface area contributed by atoms with Crippen LogP contribution in [0.5, 0.6) is 5.75 Å². The first-order valence-corrected chi connectivity index (χ1v) is 8.87. The molecule has 2 heterocycles. The minimum absolute atomic E-state index is 0.139. The van der Waals surface area contributed by atoms with Crippen LogP contribution in [0.15, 0.2) is 53.5 Å². The van der Waals surface area contributed by atoms with Gasteiger partial charge in [-0.25, -0.2) is 0 Å². The van der Waals surface area contributed by atoms with Gasteiger partial charge in [0.2, 0.25) is 0 Å². The molecule has 0 aliphatic carbocycles. The fourth-order valence-electron chi connectivity index (χ4n) is 3.74. The van der Waals surface area contributed by atoms with Gasteiger partial charge >= 0.3 is 0 Å². The van der Waals surface area contributed by atoms with Crippen LogP contribution < -0.4 is 5.56 Å². The van der Waals surface area contributed by atoms with Crippen molar-refractivity contribution in [3.63, 3.8) is 0 Å². The van der Waals surface area contributed by atoms with Crippen molar-refractivity contribution in [2.45, 2.75) is 25.8 Å². The molecule has 128 valence electrons. The molecule has 0 saturated carbocycles. The van der Waals surface area contributed by atoms with E-state index < -0.39 is 0 Å². The summed E-state index contributed by atoms with van der Waals surface area (Å²) in [5.41, 5.74) is 2.94. The van der Waals surface area contributed by atoms with Crippen molar-refractivity contribution in [1.29, 1.82) is 0 Å². The molecule has 3 aromatic rings. The highest BCUT2D eigenvalue weighted by molar-refractivity contribution is 5.99. The molecule has 4 rings (SSSR count). The molecule has 1 saturated heterocycles. The Labute approximate surface area is 146 Å². The lowest BCUT2D eigenvalue weighted by Crippen LogP contribution is -2.29. The molecule has 25 heavy (non-hydrogen) atoms. The molecule has 0 amide bonds. The molecular weight excluding hydrogens is 312 g/mol. The van der Waals surface area contributed by atoms with Crippen molar-refractivity contribution in [2.75, 3.05) is 13.1 Å². The first kappa shape index (κ1) is 15.9. The van der Waals surface area contributed by atoms with E-state index in [0.29, 0.717) is 10.8 Å². The van der Waals surface area contributed by atoms with Crippen LogP contribution in [0.3, 0.4) is 0 Å². The van der Waals surface area contributed by atoms with Crippen molar-refractivity contribution in [3.8, 4) is 16.9 Å². The van der Waals surface area contributed by atoms with Crippen molar-refractivity contribution in [2.24, 2.45) is 0 Å². The summed E-state index contributed by atoms with van der Waals surface area (Å²) in [6.07, 6.45) is 5.58. The van der Waals surface area contributed by atoms with Crippen molar-refractivity contribution < 1.29 is 5.11 Å². The number of rotatable bonds is 3. The van der Waals surface area contributed by atoms with Crippen LogP contribution >= 0.6 is 0 Å². The Morgan fingerprint density at radius 3 is 2.68 bits per heavy atom. The molecule has 4 heteroatoms. The smallest absolute Gasteiger partial charge is 0.255 e. The number of likely N-dealkylation sites (tertiary alicyclic amines) is 1. The SMILES string of the molecule is O=c1[nH]cc(-c2cccc(CN3CCCCC3)c2)c2c(O)cccc12. The van der Waals surface area contributed by atoms with Gasteiger partial charge in [0.15, 0.2) is 0 Å². The zero-order valence-corrected chi connectivity index (χ0v) is 14.2. The van der Waals surface area contributed by atoms with E-state index in [4.69, 9.17) is 0 Å². The number of aromatic nitrogens is 1. The van der Waals surface area contributed by atoms with Gasteiger partial charge in [-0.15, -0.1) is 0 Å². The summed E-state index contributed by atoms with van der Waals surface area (Å²) in [6.45, 7) is 3.26. The van der Waals surface area contributed by atoms with Gasteiger partial charge in [-0.3, -0.25) is 9.69 Å². The van der Waals surface area contributed by atoms with Gasteiger partial charge in [-0.1, -0.05) is 30.7 Å². The zero-order chi connectivity index (χ0) is 17.2. The quantitative estimate of drug-likeness (QED) is 0.764. The van der Waals surface area contributed by atoms with E-state index in [-0.39, 0.29) is 11.3 Å². The number of H-pyrrole nitrogens is 1. The average Bonchev–Trinajstić information content (AvgIpc) is 2.64. The Bertz CT molecular complexity index is 956. The first-order valence-electron chi connectivity index (χ1n) is 8.87. The van der Waals surface area contributed by atoms with E-state index in [1.807, 2.05) is 12.1 Å². The number of benzene rings is 2. The third-order valence-electron chi connectivity index (χ3n) is 5.00. The maximum atomic E-state index is 12.1. The molecule has 0 bridgehead atoms. The molecule has 0 atom stereocenters. The second-order valence-electron chi connectivity index (χ2n) is 6.77. The highest BCUT2D eigenvalue weighted by atomic mass is 16.3. The van der Waals surface area contributed by atoms with Crippen molar-refractivity contribution in [3.05, 3.63) is 64.6 Å². The lowest BCUT2D eigenvalue weighted by atomic mass is 9.98. The van der Waals surface area contributed by atoms with Crippen LogP contribution in [0.4, 0.5) is 0 Å². The van der Waals surface area contributed by atoms with Gasteiger partial charge in [-0.2, -0.15) is 0 Å². The Morgan fingerprint density at radius 1 is 1.04 bits per heavy atom. The number of aromatic amines is 1. The number of aromatic hydroxyl groups is 1. The second-order valence-corrected chi connectivity index (χ2v) is 6.77. The maximum absolute atomic E-state index is 12.1. The van der Waals surface area contributed by atoms with Gasteiger partial charge in [0, 0.05) is 23.7 Å². The number of pyridine rings is 1. The minimum Gasteiger partial charge on any atom is -0.507 e. The molecule has 2 aromatic carbocycles. The second kappa shape index (κ2) is 6.73. The number of fused-ring (bicyclic) bond motifs is 1. The molecule has 0 spiro atoms. The summed E-state index contributed by atoms with van der Waals surface area (Å²) in [5.74, 6) is 0.139. The maximum Gasteiger partial charge on any atom is 0.255 e. The zero-order valence-electron chi connectivity index (χ0n) is 14.2. The van der Waals surface area contributed by atoms with Gasteiger partial charge in [-0.05, 0) is 55.3 Å². The fourth-order valence-corrected chi connectivity index (χ4v) is 3.74.